The Bertz CT molecular complexity index is 331. The molecule has 1 heterocycles. The number of aromatic nitrogens is 1. The molecule has 96 valence electrons. The van der Waals surface area contributed by atoms with Crippen LogP contribution in [0, 0.1) is 0 Å². The Morgan fingerprint density at radius 2 is 1.88 bits per heavy atom. The molecule has 0 aromatic carbocycles. The molecule has 0 aliphatic carbocycles. The molecular formula is C11H16F3N3. The molecule has 0 unspecified atom stereocenters. The van der Waals surface area contributed by atoms with Gasteiger partial charge in [0, 0.05) is 12.2 Å². The highest BCUT2D eigenvalue weighted by Gasteiger charge is 2.30. The third-order valence-corrected chi connectivity index (χ3v) is 2.48. The summed E-state index contributed by atoms with van der Waals surface area (Å²) in [5.41, 5.74) is 5.05. The summed E-state index contributed by atoms with van der Waals surface area (Å²) in [6, 6.07) is 2.58. The maximum Gasteiger partial charge on any atom is 0.417 e. The number of alkyl halides is 3. The lowest BCUT2D eigenvalue weighted by atomic mass is 10.2. The van der Waals surface area contributed by atoms with E-state index in [1.54, 1.807) is 0 Å². The SMILES string of the molecule is CCC(CC)NNc1ccc(C(F)(F)F)cn1. The first-order valence-electron chi connectivity index (χ1n) is 5.52. The lowest BCUT2D eigenvalue weighted by molar-refractivity contribution is -0.137. The second-order valence-corrected chi connectivity index (χ2v) is 3.71. The minimum Gasteiger partial charge on any atom is -0.306 e. The Balaban J connectivity index is 2.57. The lowest BCUT2D eigenvalue weighted by Gasteiger charge is -2.16. The van der Waals surface area contributed by atoms with Gasteiger partial charge in [0.25, 0.3) is 0 Å². The van der Waals surface area contributed by atoms with Gasteiger partial charge in [0.05, 0.1) is 5.56 Å². The van der Waals surface area contributed by atoms with Gasteiger partial charge in [-0.3, -0.25) is 0 Å². The molecule has 6 heteroatoms. The maximum atomic E-state index is 12.3. The number of rotatable bonds is 5. The quantitative estimate of drug-likeness (QED) is 0.784. The number of nitrogens with zero attached hydrogens (tertiary/aromatic N) is 1. The minimum absolute atomic E-state index is 0.277. The fourth-order valence-corrected chi connectivity index (χ4v) is 1.30. The van der Waals surface area contributed by atoms with Crippen LogP contribution in [0.4, 0.5) is 19.0 Å². The Hall–Kier alpha value is -1.30. The molecule has 17 heavy (non-hydrogen) atoms. The van der Waals surface area contributed by atoms with Gasteiger partial charge in [-0.2, -0.15) is 13.2 Å². The van der Waals surface area contributed by atoms with Crippen LogP contribution in [0.2, 0.25) is 0 Å². The van der Waals surface area contributed by atoms with Crippen LogP contribution in [0.5, 0.6) is 0 Å². The smallest absolute Gasteiger partial charge is 0.306 e. The molecule has 0 saturated heterocycles. The van der Waals surface area contributed by atoms with Crippen LogP contribution in [-0.4, -0.2) is 11.0 Å². The van der Waals surface area contributed by atoms with Crippen molar-refractivity contribution in [2.24, 2.45) is 0 Å². The molecule has 0 bridgehead atoms. The zero-order valence-corrected chi connectivity index (χ0v) is 9.80. The largest absolute Gasteiger partial charge is 0.417 e. The fraction of sp³-hybridized carbons (Fsp3) is 0.545. The Kier molecular flexibility index (Phi) is 4.74. The van der Waals surface area contributed by atoms with Gasteiger partial charge in [0.15, 0.2) is 0 Å². The van der Waals surface area contributed by atoms with Gasteiger partial charge >= 0.3 is 6.18 Å². The third kappa shape index (κ3) is 4.22. The van der Waals surface area contributed by atoms with E-state index in [4.69, 9.17) is 0 Å². The molecule has 0 radical (unpaired) electrons. The maximum absolute atomic E-state index is 12.3. The standard InChI is InChI=1S/C11H16F3N3/c1-3-9(4-2)16-17-10-6-5-8(7-15-10)11(12,13)14/h5-7,9,16H,3-4H2,1-2H3,(H,15,17). The Labute approximate surface area is 98.4 Å². The molecule has 0 saturated carbocycles. The van der Waals surface area contributed by atoms with Crippen molar-refractivity contribution in [3.63, 3.8) is 0 Å². The van der Waals surface area contributed by atoms with E-state index in [-0.39, 0.29) is 6.04 Å². The summed E-state index contributed by atoms with van der Waals surface area (Å²) in [6.45, 7) is 4.06. The summed E-state index contributed by atoms with van der Waals surface area (Å²) in [5, 5.41) is 0. The number of pyridine rings is 1. The van der Waals surface area contributed by atoms with Gasteiger partial charge in [0.2, 0.25) is 0 Å². The van der Waals surface area contributed by atoms with Crippen LogP contribution in [0.3, 0.4) is 0 Å². The van der Waals surface area contributed by atoms with Crippen molar-refractivity contribution in [2.45, 2.75) is 38.9 Å². The Morgan fingerprint density at radius 3 is 2.29 bits per heavy atom. The first-order valence-corrected chi connectivity index (χ1v) is 5.52. The van der Waals surface area contributed by atoms with E-state index >= 15 is 0 Å². The van der Waals surface area contributed by atoms with E-state index in [1.807, 2.05) is 13.8 Å². The summed E-state index contributed by atoms with van der Waals surface area (Å²) in [6.07, 6.45) is -1.65. The van der Waals surface area contributed by atoms with Crippen molar-refractivity contribution in [1.29, 1.82) is 0 Å². The molecule has 0 amide bonds. The van der Waals surface area contributed by atoms with Crippen molar-refractivity contribution in [3.8, 4) is 0 Å². The van der Waals surface area contributed by atoms with Gasteiger partial charge in [0.1, 0.15) is 5.82 Å². The van der Waals surface area contributed by atoms with Gasteiger partial charge in [-0.15, -0.1) is 0 Å². The highest BCUT2D eigenvalue weighted by molar-refractivity contribution is 5.35. The van der Waals surface area contributed by atoms with Crippen molar-refractivity contribution < 1.29 is 13.2 Å². The molecule has 1 rings (SSSR count). The van der Waals surface area contributed by atoms with E-state index in [2.05, 4.69) is 15.8 Å². The van der Waals surface area contributed by atoms with E-state index in [0.29, 0.717) is 5.82 Å². The van der Waals surface area contributed by atoms with E-state index in [1.165, 1.54) is 6.07 Å². The first kappa shape index (κ1) is 13.8. The summed E-state index contributed by atoms with van der Waals surface area (Å²) in [7, 11) is 0. The normalized spacial score (nSPS) is 11.9. The predicted molar refractivity (Wildman–Crippen MR) is 60.4 cm³/mol. The molecule has 2 N–H and O–H groups in total. The van der Waals surface area contributed by atoms with E-state index in [0.717, 1.165) is 25.1 Å². The summed E-state index contributed by atoms with van der Waals surface area (Å²) in [4.78, 5) is 3.69. The minimum atomic E-state index is -4.34. The van der Waals surface area contributed by atoms with Gasteiger partial charge in [-0.1, -0.05) is 13.8 Å². The molecule has 0 spiro atoms. The number of anilines is 1. The highest BCUT2D eigenvalue weighted by Crippen LogP contribution is 2.28. The lowest BCUT2D eigenvalue weighted by Crippen LogP contribution is -2.33. The van der Waals surface area contributed by atoms with Crippen molar-refractivity contribution in [2.75, 3.05) is 5.43 Å². The zero-order chi connectivity index (χ0) is 12.9. The zero-order valence-electron chi connectivity index (χ0n) is 9.80. The van der Waals surface area contributed by atoms with Crippen molar-refractivity contribution in [3.05, 3.63) is 23.9 Å². The highest BCUT2D eigenvalue weighted by atomic mass is 19.4. The van der Waals surface area contributed by atoms with E-state index < -0.39 is 11.7 Å². The summed E-state index contributed by atoms with van der Waals surface area (Å²) >= 11 is 0. The number of hydrogen-bond donors (Lipinski definition) is 2. The summed E-state index contributed by atoms with van der Waals surface area (Å²) in [5.74, 6) is 0.380. The van der Waals surface area contributed by atoms with Crippen molar-refractivity contribution >= 4 is 5.82 Å². The molecular weight excluding hydrogens is 231 g/mol. The number of hydrogen-bond acceptors (Lipinski definition) is 3. The van der Waals surface area contributed by atoms with Gasteiger partial charge in [-0.25, -0.2) is 10.4 Å². The molecule has 3 nitrogen and oxygen atoms in total. The van der Waals surface area contributed by atoms with Crippen LogP contribution in [-0.2, 0) is 6.18 Å². The second kappa shape index (κ2) is 5.86. The first-order chi connectivity index (χ1) is 7.97. The van der Waals surface area contributed by atoms with Crippen LogP contribution < -0.4 is 10.9 Å². The van der Waals surface area contributed by atoms with E-state index in [9.17, 15) is 13.2 Å². The van der Waals surface area contributed by atoms with Crippen LogP contribution in [0.15, 0.2) is 18.3 Å². The number of hydrazine groups is 1. The molecule has 0 aliphatic rings. The topological polar surface area (TPSA) is 37.0 Å². The molecule has 1 aromatic heterocycles. The Morgan fingerprint density at radius 1 is 1.24 bits per heavy atom. The fourth-order valence-electron chi connectivity index (χ4n) is 1.30. The van der Waals surface area contributed by atoms with Gasteiger partial charge < -0.3 is 5.43 Å². The van der Waals surface area contributed by atoms with Crippen LogP contribution >= 0.6 is 0 Å². The molecule has 1 aromatic rings. The average molecular weight is 247 g/mol. The number of nitrogens with one attached hydrogen (secondary N) is 2. The van der Waals surface area contributed by atoms with Crippen LogP contribution in [0.25, 0.3) is 0 Å². The molecule has 0 atom stereocenters. The summed E-state index contributed by atoms with van der Waals surface area (Å²) < 4.78 is 36.8. The second-order valence-electron chi connectivity index (χ2n) is 3.71. The van der Waals surface area contributed by atoms with Crippen molar-refractivity contribution in [1.82, 2.24) is 10.4 Å². The average Bonchev–Trinajstić information content (AvgIpc) is 2.30. The van der Waals surface area contributed by atoms with Gasteiger partial charge in [-0.05, 0) is 25.0 Å². The molecule has 0 aliphatic heterocycles. The van der Waals surface area contributed by atoms with Crippen LogP contribution in [0.1, 0.15) is 32.3 Å². The monoisotopic (exact) mass is 247 g/mol. The number of halogens is 3. The predicted octanol–water partition coefficient (Wildman–Crippen LogP) is 3.21. The third-order valence-electron chi connectivity index (χ3n) is 2.48. The molecule has 0 fully saturated rings.